The minimum Gasteiger partial charge on any atom is -0.339 e. The third kappa shape index (κ3) is 9.36. The molecule has 3 aromatic carbocycles. The molecular formula is C29H32FN5O4. The molecule has 3 aromatic rings. The second kappa shape index (κ2) is 15.0. The van der Waals surface area contributed by atoms with Crippen molar-refractivity contribution in [3.8, 4) is 11.8 Å². The second-order valence-corrected chi connectivity index (χ2v) is 8.45. The van der Waals surface area contributed by atoms with Gasteiger partial charge in [0.1, 0.15) is 11.9 Å². The zero-order valence-electron chi connectivity index (χ0n) is 20.7. The molecule has 3 rings (SSSR count). The van der Waals surface area contributed by atoms with Gasteiger partial charge in [-0.25, -0.2) is 9.87 Å². The van der Waals surface area contributed by atoms with E-state index in [9.17, 15) is 18.8 Å². The first kappa shape index (κ1) is 30.7. The molecule has 9 nitrogen and oxygen atoms in total. The Kier molecular flexibility index (Phi) is 11.8. The highest BCUT2D eigenvalue weighted by Crippen LogP contribution is 2.11. The van der Waals surface area contributed by atoms with Crippen molar-refractivity contribution in [1.29, 1.82) is 0 Å². The number of hydroxylamine groups is 1. The normalized spacial score (nSPS) is 10.9. The maximum atomic E-state index is 13.8. The van der Waals surface area contributed by atoms with Gasteiger partial charge in [0.05, 0.1) is 6.54 Å². The second-order valence-electron chi connectivity index (χ2n) is 8.45. The van der Waals surface area contributed by atoms with Gasteiger partial charge in [-0.1, -0.05) is 37.5 Å². The molecule has 0 fully saturated rings. The van der Waals surface area contributed by atoms with Gasteiger partial charge in [-0.2, -0.15) is 0 Å². The zero-order valence-corrected chi connectivity index (χ0v) is 20.7. The Labute approximate surface area is 227 Å². The third-order valence-corrected chi connectivity index (χ3v) is 5.45. The lowest BCUT2D eigenvalue weighted by Crippen LogP contribution is -2.50. The lowest BCUT2D eigenvalue weighted by Gasteiger charge is -2.16. The molecule has 0 aliphatic heterocycles. The number of benzene rings is 3. The van der Waals surface area contributed by atoms with Crippen LogP contribution in [0, 0.1) is 17.7 Å². The summed E-state index contributed by atoms with van der Waals surface area (Å²) in [5, 5.41) is 13.9. The quantitative estimate of drug-likeness (QED) is 0.163. The molecule has 3 amide bonds. The summed E-state index contributed by atoms with van der Waals surface area (Å²) in [7, 11) is 1.75. The topological polar surface area (TPSA) is 137 Å². The van der Waals surface area contributed by atoms with Gasteiger partial charge in [0, 0.05) is 41.0 Å². The average molecular weight is 534 g/mol. The Balaban J connectivity index is 0.00000533. The summed E-state index contributed by atoms with van der Waals surface area (Å²) in [4.78, 5) is 37.8. The van der Waals surface area contributed by atoms with Gasteiger partial charge in [-0.15, -0.1) is 0 Å². The number of anilines is 1. The summed E-state index contributed by atoms with van der Waals surface area (Å²) < 4.78 is 13.8. The van der Waals surface area contributed by atoms with Crippen LogP contribution in [0.5, 0.6) is 0 Å². The molecule has 0 aromatic heterocycles. The zero-order chi connectivity index (χ0) is 27.5. The van der Waals surface area contributed by atoms with Crippen LogP contribution in [0.25, 0.3) is 0 Å². The highest BCUT2D eigenvalue weighted by molar-refractivity contribution is 5.97. The summed E-state index contributed by atoms with van der Waals surface area (Å²) in [6, 6.07) is 18.9. The standard InChI is InChI=1S/C28H28FN5O4.CH4/c1-34(17-22-4-2-3-5-24(22)29)18-26(35)31-23-14-10-20(11-15-23)7-6-19-8-12-21(13-9-19)27(36)32-25(16-30)28(37)33-38;/h2-5,8-15,25,38H,16-18,30H2,1H3,(H,31,35)(H,32,36)(H,33,37);1H4/t25-;/m0./s1. The lowest BCUT2D eigenvalue weighted by molar-refractivity contribution is -0.130. The van der Waals surface area contributed by atoms with Crippen molar-refractivity contribution in [2.24, 2.45) is 5.73 Å². The first-order valence-electron chi connectivity index (χ1n) is 11.7. The number of halogens is 1. The number of hydrogen-bond donors (Lipinski definition) is 5. The van der Waals surface area contributed by atoms with E-state index in [1.165, 1.54) is 11.5 Å². The number of hydrogen-bond acceptors (Lipinski definition) is 6. The molecule has 1 atom stereocenters. The molecule has 0 aliphatic carbocycles. The number of carbonyl (C=O) groups is 3. The number of nitrogens with two attached hydrogens (primary N) is 1. The largest absolute Gasteiger partial charge is 0.339 e. The monoisotopic (exact) mass is 533 g/mol. The van der Waals surface area contributed by atoms with Crippen LogP contribution in [-0.2, 0) is 16.1 Å². The third-order valence-electron chi connectivity index (χ3n) is 5.45. The van der Waals surface area contributed by atoms with Crippen LogP contribution in [0.2, 0.25) is 0 Å². The van der Waals surface area contributed by atoms with Gasteiger partial charge in [0.2, 0.25) is 5.91 Å². The minimum absolute atomic E-state index is 0. The average Bonchev–Trinajstić information content (AvgIpc) is 2.92. The summed E-state index contributed by atoms with van der Waals surface area (Å²) in [5.41, 5.74) is 9.73. The molecule has 10 heteroatoms. The molecule has 0 saturated carbocycles. The van der Waals surface area contributed by atoms with Gasteiger partial charge in [-0.3, -0.25) is 24.5 Å². The van der Waals surface area contributed by atoms with Crippen LogP contribution in [0.1, 0.15) is 34.5 Å². The fraction of sp³-hybridized carbons (Fsp3) is 0.207. The van der Waals surface area contributed by atoms with Crippen molar-refractivity contribution in [1.82, 2.24) is 15.7 Å². The maximum absolute atomic E-state index is 13.8. The fourth-order valence-electron chi connectivity index (χ4n) is 3.46. The van der Waals surface area contributed by atoms with Gasteiger partial charge < -0.3 is 16.4 Å². The van der Waals surface area contributed by atoms with E-state index in [2.05, 4.69) is 22.5 Å². The predicted octanol–water partition coefficient (Wildman–Crippen LogP) is 2.49. The number of nitrogens with zero attached hydrogens (tertiary/aromatic N) is 1. The van der Waals surface area contributed by atoms with Crippen molar-refractivity contribution in [2.75, 3.05) is 25.5 Å². The SMILES string of the molecule is C.CN(CC(=O)Nc1ccc(C#Cc2ccc(C(=O)N[C@@H](CN)C(=O)NO)cc2)cc1)Cc1ccccc1F. The van der Waals surface area contributed by atoms with Crippen molar-refractivity contribution in [2.45, 2.75) is 20.0 Å². The molecule has 6 N–H and O–H groups in total. The van der Waals surface area contributed by atoms with Crippen molar-refractivity contribution in [3.05, 3.63) is 101 Å². The Morgan fingerprint density at radius 3 is 2.13 bits per heavy atom. The minimum atomic E-state index is -1.06. The highest BCUT2D eigenvalue weighted by Gasteiger charge is 2.19. The Morgan fingerprint density at radius 1 is 0.974 bits per heavy atom. The van der Waals surface area contributed by atoms with E-state index in [1.807, 2.05) is 0 Å². The molecule has 0 aliphatic rings. The van der Waals surface area contributed by atoms with E-state index < -0.39 is 17.9 Å². The van der Waals surface area contributed by atoms with E-state index in [0.717, 1.165) is 5.56 Å². The first-order chi connectivity index (χ1) is 18.3. The predicted molar refractivity (Wildman–Crippen MR) is 147 cm³/mol. The molecule has 0 unspecified atom stereocenters. The number of carbonyl (C=O) groups excluding carboxylic acids is 3. The molecule has 0 bridgehead atoms. The molecule has 204 valence electrons. The van der Waals surface area contributed by atoms with Crippen LogP contribution in [0.15, 0.2) is 72.8 Å². The lowest BCUT2D eigenvalue weighted by atomic mass is 10.1. The number of nitrogens with one attached hydrogen (secondary N) is 3. The van der Waals surface area contributed by atoms with Gasteiger partial charge in [-0.05, 0) is 61.6 Å². The fourth-order valence-corrected chi connectivity index (χ4v) is 3.46. The van der Waals surface area contributed by atoms with Crippen LogP contribution in [0.3, 0.4) is 0 Å². The summed E-state index contributed by atoms with van der Waals surface area (Å²) >= 11 is 0. The van der Waals surface area contributed by atoms with Crippen molar-refractivity contribution in [3.63, 3.8) is 0 Å². The number of amides is 3. The van der Waals surface area contributed by atoms with Gasteiger partial charge >= 0.3 is 0 Å². The summed E-state index contributed by atoms with van der Waals surface area (Å²) in [5.74, 6) is 4.17. The molecule has 0 spiro atoms. The van der Waals surface area contributed by atoms with Crippen LogP contribution >= 0.6 is 0 Å². The van der Waals surface area contributed by atoms with E-state index in [1.54, 1.807) is 78.7 Å². The maximum Gasteiger partial charge on any atom is 0.267 e. The summed E-state index contributed by atoms with van der Waals surface area (Å²) in [6.45, 7) is 0.247. The van der Waals surface area contributed by atoms with E-state index in [4.69, 9.17) is 10.9 Å². The van der Waals surface area contributed by atoms with E-state index >= 15 is 0 Å². The molecule has 0 radical (unpaired) electrons. The smallest absolute Gasteiger partial charge is 0.267 e. The first-order valence-corrected chi connectivity index (χ1v) is 11.7. The van der Waals surface area contributed by atoms with Crippen molar-refractivity contribution >= 4 is 23.4 Å². The molecular weight excluding hydrogens is 501 g/mol. The highest BCUT2D eigenvalue weighted by atomic mass is 19.1. The number of rotatable bonds is 9. The number of likely N-dealkylation sites (N-methyl/N-ethyl adjacent to an activating group) is 1. The van der Waals surface area contributed by atoms with E-state index in [0.29, 0.717) is 28.9 Å². The molecule has 39 heavy (non-hydrogen) atoms. The Bertz CT molecular complexity index is 1330. The summed E-state index contributed by atoms with van der Waals surface area (Å²) in [6.07, 6.45) is 0. The van der Waals surface area contributed by atoms with Crippen LogP contribution < -0.4 is 21.8 Å². The van der Waals surface area contributed by atoms with Crippen LogP contribution in [0.4, 0.5) is 10.1 Å². The van der Waals surface area contributed by atoms with Gasteiger partial charge in [0.15, 0.2) is 0 Å². The Morgan fingerprint density at radius 2 is 1.56 bits per heavy atom. The Hall–Kier alpha value is -4.56. The van der Waals surface area contributed by atoms with Gasteiger partial charge in [0.25, 0.3) is 11.8 Å². The van der Waals surface area contributed by atoms with Crippen LogP contribution in [-0.4, -0.2) is 54.0 Å². The van der Waals surface area contributed by atoms with Crippen molar-refractivity contribution < 1.29 is 24.0 Å². The van der Waals surface area contributed by atoms with E-state index in [-0.39, 0.29) is 32.2 Å². The molecule has 0 saturated heterocycles. The molecule has 0 heterocycles.